The third kappa shape index (κ3) is 2.84. The molecule has 0 aliphatic carbocycles. The van der Waals surface area contributed by atoms with Crippen molar-refractivity contribution in [2.24, 2.45) is 0 Å². The number of oxazole rings is 1. The van der Waals surface area contributed by atoms with Crippen molar-refractivity contribution in [3.63, 3.8) is 0 Å². The second-order valence-corrected chi connectivity index (χ2v) is 5.87. The first-order valence-electron chi connectivity index (χ1n) is 7.44. The van der Waals surface area contributed by atoms with E-state index in [1.165, 1.54) is 0 Å². The van der Waals surface area contributed by atoms with E-state index < -0.39 is 0 Å². The van der Waals surface area contributed by atoms with Gasteiger partial charge in [0, 0.05) is 24.7 Å². The molecule has 0 radical (unpaired) electrons. The van der Waals surface area contributed by atoms with Crippen LogP contribution in [0.25, 0.3) is 0 Å². The summed E-state index contributed by atoms with van der Waals surface area (Å²) in [5.74, 6) is 1.73. The molecule has 0 aromatic carbocycles. The Balaban J connectivity index is 2.17. The first kappa shape index (κ1) is 14.5. The van der Waals surface area contributed by atoms with E-state index in [1.54, 1.807) is 0 Å². The molecule has 4 heteroatoms. The van der Waals surface area contributed by atoms with E-state index in [2.05, 4.69) is 42.9 Å². The van der Waals surface area contributed by atoms with Crippen molar-refractivity contribution in [2.75, 3.05) is 13.1 Å². The Morgan fingerprint density at radius 2 is 2.21 bits per heavy atom. The number of rotatable bonds is 4. The van der Waals surface area contributed by atoms with E-state index >= 15 is 0 Å². The summed E-state index contributed by atoms with van der Waals surface area (Å²) < 4.78 is 5.71. The van der Waals surface area contributed by atoms with Crippen molar-refractivity contribution < 1.29 is 4.42 Å². The lowest BCUT2D eigenvalue weighted by molar-refractivity contribution is 0.0401. The first-order valence-corrected chi connectivity index (χ1v) is 7.44. The number of aryl methyl sites for hydroxylation is 1. The van der Waals surface area contributed by atoms with E-state index in [4.69, 9.17) is 4.42 Å². The molecule has 0 spiro atoms. The van der Waals surface area contributed by atoms with Crippen LogP contribution < -0.4 is 5.32 Å². The molecule has 2 unspecified atom stereocenters. The first-order chi connectivity index (χ1) is 9.01. The van der Waals surface area contributed by atoms with Gasteiger partial charge in [0.1, 0.15) is 5.76 Å². The van der Waals surface area contributed by atoms with Crippen LogP contribution in [0, 0.1) is 6.92 Å². The minimum absolute atomic E-state index is 0.238. The molecule has 0 bridgehead atoms. The zero-order valence-electron chi connectivity index (χ0n) is 12.9. The lowest BCUT2D eigenvalue weighted by atomic mass is 9.88. The van der Waals surface area contributed by atoms with Gasteiger partial charge in [0.25, 0.3) is 0 Å². The summed E-state index contributed by atoms with van der Waals surface area (Å²) in [6.45, 7) is 13.1. The number of aromatic nitrogens is 1. The topological polar surface area (TPSA) is 41.3 Å². The van der Waals surface area contributed by atoms with Crippen LogP contribution in [0.3, 0.4) is 0 Å². The van der Waals surface area contributed by atoms with Crippen molar-refractivity contribution in [3.8, 4) is 0 Å². The molecule has 1 aromatic rings. The summed E-state index contributed by atoms with van der Waals surface area (Å²) >= 11 is 0. The van der Waals surface area contributed by atoms with Crippen LogP contribution in [-0.4, -0.2) is 34.6 Å². The van der Waals surface area contributed by atoms with Crippen molar-refractivity contribution in [2.45, 2.75) is 65.1 Å². The molecule has 108 valence electrons. The molecule has 0 saturated carbocycles. The number of nitrogens with one attached hydrogen (secondary N) is 1. The lowest BCUT2D eigenvalue weighted by Crippen LogP contribution is -2.63. The molecule has 2 rings (SSSR count). The van der Waals surface area contributed by atoms with E-state index in [-0.39, 0.29) is 11.6 Å². The van der Waals surface area contributed by atoms with Crippen LogP contribution in [-0.2, 0) is 0 Å². The molecule has 0 amide bonds. The summed E-state index contributed by atoms with van der Waals surface area (Å²) in [6, 6.07) is 0.747. The van der Waals surface area contributed by atoms with Gasteiger partial charge < -0.3 is 9.73 Å². The molecule has 1 aromatic heterocycles. The number of piperazine rings is 1. The lowest BCUT2D eigenvalue weighted by Gasteiger charge is -2.48. The molecule has 1 aliphatic heterocycles. The molecule has 19 heavy (non-hydrogen) atoms. The zero-order chi connectivity index (χ0) is 14.0. The van der Waals surface area contributed by atoms with Crippen molar-refractivity contribution in [1.82, 2.24) is 15.2 Å². The minimum Gasteiger partial charge on any atom is -0.444 e. The fourth-order valence-corrected chi connectivity index (χ4v) is 2.99. The highest BCUT2D eigenvalue weighted by atomic mass is 16.4. The van der Waals surface area contributed by atoms with Gasteiger partial charge in [-0.05, 0) is 33.6 Å². The highest BCUT2D eigenvalue weighted by Gasteiger charge is 2.38. The maximum Gasteiger partial charge on any atom is 0.211 e. The van der Waals surface area contributed by atoms with Gasteiger partial charge in [-0.2, -0.15) is 0 Å². The van der Waals surface area contributed by atoms with Gasteiger partial charge in [-0.25, -0.2) is 4.98 Å². The van der Waals surface area contributed by atoms with Crippen molar-refractivity contribution >= 4 is 0 Å². The molecule has 4 nitrogen and oxygen atoms in total. The molecule has 1 saturated heterocycles. The monoisotopic (exact) mass is 265 g/mol. The van der Waals surface area contributed by atoms with E-state index in [0.717, 1.165) is 37.6 Å². The average molecular weight is 265 g/mol. The Labute approximate surface area is 116 Å². The molecular weight excluding hydrogens is 238 g/mol. The summed E-state index contributed by atoms with van der Waals surface area (Å²) in [5, 5.41) is 3.73. The molecule has 2 atom stereocenters. The Morgan fingerprint density at radius 3 is 2.74 bits per heavy atom. The average Bonchev–Trinajstić information content (AvgIpc) is 2.86. The second-order valence-electron chi connectivity index (χ2n) is 5.87. The van der Waals surface area contributed by atoms with Gasteiger partial charge in [-0.3, -0.25) is 4.90 Å². The maximum atomic E-state index is 5.71. The van der Waals surface area contributed by atoms with Gasteiger partial charge in [-0.15, -0.1) is 0 Å². The molecule has 1 fully saturated rings. The Kier molecular flexibility index (Phi) is 4.31. The second kappa shape index (κ2) is 5.63. The van der Waals surface area contributed by atoms with Crippen LogP contribution in [0.1, 0.15) is 58.2 Å². The third-order valence-corrected chi connectivity index (χ3v) is 4.67. The predicted molar refractivity (Wildman–Crippen MR) is 77.1 cm³/mol. The minimum atomic E-state index is 0.238. The fourth-order valence-electron chi connectivity index (χ4n) is 2.99. The quantitative estimate of drug-likeness (QED) is 0.909. The fraction of sp³-hybridized carbons (Fsp3) is 0.800. The number of hydrogen-bond acceptors (Lipinski definition) is 4. The third-order valence-electron chi connectivity index (χ3n) is 4.67. The molecular formula is C15H27N3O. The van der Waals surface area contributed by atoms with Crippen LogP contribution in [0.5, 0.6) is 0 Å². The van der Waals surface area contributed by atoms with Crippen molar-refractivity contribution in [3.05, 3.63) is 17.8 Å². The highest BCUT2D eigenvalue weighted by molar-refractivity contribution is 5.02. The van der Waals surface area contributed by atoms with Crippen LogP contribution >= 0.6 is 0 Å². The standard InChI is InChI=1S/C15H27N3O/c1-6-15(7-2)10-18(11(3)8-17-15)13(5)14-16-9-12(4)19-14/h9,11,13,17H,6-8,10H2,1-5H3. The Bertz CT molecular complexity index is 411. The molecule has 1 N–H and O–H groups in total. The SMILES string of the molecule is CCC1(CC)CN(C(C)c2ncc(C)o2)C(C)CN1. The molecule has 1 aliphatic rings. The smallest absolute Gasteiger partial charge is 0.211 e. The summed E-state index contributed by atoms with van der Waals surface area (Å²) in [6.07, 6.45) is 4.12. The highest BCUT2D eigenvalue weighted by Crippen LogP contribution is 2.29. The Morgan fingerprint density at radius 1 is 1.53 bits per heavy atom. The largest absolute Gasteiger partial charge is 0.444 e. The van der Waals surface area contributed by atoms with E-state index in [0.29, 0.717) is 6.04 Å². The van der Waals surface area contributed by atoms with Crippen LogP contribution in [0.15, 0.2) is 10.6 Å². The van der Waals surface area contributed by atoms with Gasteiger partial charge >= 0.3 is 0 Å². The van der Waals surface area contributed by atoms with Gasteiger partial charge in [-0.1, -0.05) is 13.8 Å². The number of nitrogens with zero attached hydrogens (tertiary/aromatic N) is 2. The van der Waals surface area contributed by atoms with Gasteiger partial charge in [0.2, 0.25) is 5.89 Å². The van der Waals surface area contributed by atoms with Gasteiger partial charge in [0.05, 0.1) is 12.2 Å². The van der Waals surface area contributed by atoms with E-state index in [1.807, 2.05) is 13.1 Å². The van der Waals surface area contributed by atoms with Gasteiger partial charge in [0.15, 0.2) is 0 Å². The predicted octanol–water partition coefficient (Wildman–Crippen LogP) is 2.90. The molecule has 2 heterocycles. The van der Waals surface area contributed by atoms with Crippen LogP contribution in [0.4, 0.5) is 0 Å². The van der Waals surface area contributed by atoms with E-state index in [9.17, 15) is 0 Å². The number of hydrogen-bond donors (Lipinski definition) is 1. The summed E-state index contributed by atoms with van der Waals surface area (Å²) in [7, 11) is 0. The summed E-state index contributed by atoms with van der Waals surface area (Å²) in [4.78, 5) is 6.92. The Hall–Kier alpha value is -0.870. The normalized spacial score (nSPS) is 25.4. The van der Waals surface area contributed by atoms with Crippen molar-refractivity contribution in [1.29, 1.82) is 0 Å². The maximum absolute atomic E-state index is 5.71. The zero-order valence-corrected chi connectivity index (χ0v) is 12.9. The summed E-state index contributed by atoms with van der Waals surface area (Å²) in [5.41, 5.74) is 0.238. The van der Waals surface area contributed by atoms with Crippen LogP contribution in [0.2, 0.25) is 0 Å².